The Hall–Kier alpha value is -0.950. The predicted octanol–water partition coefficient (Wildman–Crippen LogP) is 3.63. The third-order valence-corrected chi connectivity index (χ3v) is 4.02. The van der Waals surface area contributed by atoms with Crippen LogP contribution in [0.1, 0.15) is 0 Å². The van der Waals surface area contributed by atoms with Crippen molar-refractivity contribution < 1.29 is 13.0 Å². The summed E-state index contributed by atoms with van der Waals surface area (Å²) in [5, 5.41) is 0. The van der Waals surface area contributed by atoms with Crippen LogP contribution in [0.5, 0.6) is 0 Å². The average molecular weight is 314 g/mol. The predicted molar refractivity (Wildman–Crippen MR) is 81.7 cm³/mol. The summed E-state index contributed by atoms with van der Waals surface area (Å²) in [7, 11) is -4.04. The van der Waals surface area contributed by atoms with Crippen molar-refractivity contribution in [2.45, 2.75) is 14.7 Å². The molecule has 19 heavy (non-hydrogen) atoms. The van der Waals surface area contributed by atoms with Crippen LogP contribution in [0.25, 0.3) is 0 Å². The second kappa shape index (κ2) is 7.59. The van der Waals surface area contributed by atoms with Gasteiger partial charge in [0.25, 0.3) is 10.1 Å². The molecule has 0 unspecified atom stereocenters. The number of thioether (sulfide) groups is 1. The molecule has 0 radical (unpaired) electrons. The highest BCUT2D eigenvalue weighted by molar-refractivity contribution is 7.98. The summed E-state index contributed by atoms with van der Waals surface area (Å²) in [6, 6.07) is 15.8. The highest BCUT2D eigenvalue weighted by Gasteiger charge is 2.07. The van der Waals surface area contributed by atoms with Crippen LogP contribution in [0.4, 0.5) is 0 Å². The maximum atomic E-state index is 10.6. The zero-order valence-corrected chi connectivity index (χ0v) is 12.8. The maximum Gasteiger partial charge on any atom is 0.294 e. The van der Waals surface area contributed by atoms with Crippen molar-refractivity contribution in [1.82, 2.24) is 0 Å². The van der Waals surface area contributed by atoms with Gasteiger partial charge in [-0.05, 0) is 42.7 Å². The van der Waals surface area contributed by atoms with Crippen molar-refractivity contribution in [3.63, 3.8) is 0 Å². The molecule has 0 amide bonds. The summed E-state index contributed by atoms with van der Waals surface area (Å²) >= 11 is 5.60. The first-order chi connectivity index (χ1) is 8.93. The summed E-state index contributed by atoms with van der Waals surface area (Å²) in [6.45, 7) is 0. The summed E-state index contributed by atoms with van der Waals surface area (Å²) in [4.78, 5) is 1.91. The molecule has 0 bridgehead atoms. The monoisotopic (exact) mass is 314 g/mol. The lowest BCUT2D eigenvalue weighted by molar-refractivity contribution is 0.483. The Morgan fingerprint density at radius 1 is 1.00 bits per heavy atom. The summed E-state index contributed by atoms with van der Waals surface area (Å²) < 4.78 is 29.8. The second-order valence-corrected chi connectivity index (χ2v) is 6.30. The van der Waals surface area contributed by atoms with E-state index in [0.717, 1.165) is 9.79 Å². The Labute approximate surface area is 123 Å². The molecule has 0 aliphatic heterocycles. The van der Waals surface area contributed by atoms with Crippen molar-refractivity contribution in [3.05, 3.63) is 54.6 Å². The molecule has 0 heterocycles. The molecule has 2 aromatic rings. The normalized spacial score (nSPS) is 10.5. The zero-order valence-electron chi connectivity index (χ0n) is 10.2. The van der Waals surface area contributed by atoms with Gasteiger partial charge >= 0.3 is 0 Å². The van der Waals surface area contributed by atoms with Crippen molar-refractivity contribution in [2.24, 2.45) is 0 Å². The smallest absolute Gasteiger partial charge is 0.282 e. The van der Waals surface area contributed by atoms with E-state index in [0.29, 0.717) is 0 Å². The van der Waals surface area contributed by atoms with E-state index < -0.39 is 10.1 Å². The van der Waals surface area contributed by atoms with Crippen molar-refractivity contribution in [3.8, 4) is 0 Å². The van der Waals surface area contributed by atoms with Crippen LogP contribution in [-0.4, -0.2) is 19.2 Å². The van der Waals surface area contributed by atoms with E-state index in [2.05, 4.69) is 12.6 Å². The molecular formula is C13H14O3S3. The quantitative estimate of drug-likeness (QED) is 0.505. The standard InChI is InChI=1S/C7H8O3S2.C6H6S/c1-11-6-2-4-7(5-3-6)12(8,9)10;7-6-4-2-1-3-5-6/h2-5H,1H3,(H,8,9,10);1-5,7H. The van der Waals surface area contributed by atoms with Crippen LogP contribution in [-0.2, 0) is 10.1 Å². The summed E-state index contributed by atoms with van der Waals surface area (Å²) in [5.74, 6) is 0. The first kappa shape index (κ1) is 16.1. The van der Waals surface area contributed by atoms with Crippen LogP contribution in [0, 0.1) is 0 Å². The first-order valence-corrected chi connectivity index (χ1v) is 8.40. The fourth-order valence-electron chi connectivity index (χ4n) is 1.18. The van der Waals surface area contributed by atoms with E-state index in [-0.39, 0.29) is 4.90 Å². The molecule has 0 aliphatic carbocycles. The van der Waals surface area contributed by atoms with Crippen molar-refractivity contribution in [1.29, 1.82) is 0 Å². The van der Waals surface area contributed by atoms with Gasteiger partial charge in [0, 0.05) is 9.79 Å². The van der Waals surface area contributed by atoms with Crippen LogP contribution < -0.4 is 0 Å². The summed E-state index contributed by atoms with van der Waals surface area (Å²) in [5.41, 5.74) is 0. The lowest BCUT2D eigenvalue weighted by atomic mass is 10.4. The van der Waals surface area contributed by atoms with E-state index >= 15 is 0 Å². The highest BCUT2D eigenvalue weighted by atomic mass is 32.2. The summed E-state index contributed by atoms with van der Waals surface area (Å²) in [6.07, 6.45) is 1.89. The minimum Gasteiger partial charge on any atom is -0.282 e. The van der Waals surface area contributed by atoms with Gasteiger partial charge in [-0.15, -0.1) is 24.4 Å². The number of hydrogen-bond acceptors (Lipinski definition) is 4. The van der Waals surface area contributed by atoms with Gasteiger partial charge in [-0.1, -0.05) is 18.2 Å². The third-order valence-electron chi connectivity index (χ3n) is 2.11. The number of thiol groups is 1. The van der Waals surface area contributed by atoms with Gasteiger partial charge in [-0.2, -0.15) is 8.42 Å². The number of hydrogen-bond donors (Lipinski definition) is 2. The van der Waals surface area contributed by atoms with Gasteiger partial charge in [0.05, 0.1) is 4.90 Å². The molecule has 0 aliphatic rings. The molecule has 6 heteroatoms. The largest absolute Gasteiger partial charge is 0.294 e. The number of benzene rings is 2. The lowest BCUT2D eigenvalue weighted by Crippen LogP contribution is -1.96. The Kier molecular flexibility index (Phi) is 6.44. The first-order valence-electron chi connectivity index (χ1n) is 5.29. The molecular weight excluding hydrogens is 300 g/mol. The second-order valence-electron chi connectivity index (χ2n) is 3.49. The van der Waals surface area contributed by atoms with Crippen molar-refractivity contribution >= 4 is 34.5 Å². The van der Waals surface area contributed by atoms with E-state index in [1.54, 1.807) is 12.1 Å². The Morgan fingerprint density at radius 2 is 1.53 bits per heavy atom. The van der Waals surface area contributed by atoms with Gasteiger partial charge in [0.2, 0.25) is 0 Å². The molecule has 0 spiro atoms. The van der Waals surface area contributed by atoms with Crippen LogP contribution in [0.3, 0.4) is 0 Å². The van der Waals surface area contributed by atoms with Crippen LogP contribution >= 0.6 is 24.4 Å². The Balaban J connectivity index is 0.000000218. The lowest BCUT2D eigenvalue weighted by Gasteiger charge is -1.97. The third kappa shape index (κ3) is 6.15. The fourth-order valence-corrected chi connectivity index (χ4v) is 2.24. The molecule has 2 rings (SSSR count). The Morgan fingerprint density at radius 3 is 1.84 bits per heavy atom. The van der Waals surface area contributed by atoms with E-state index in [1.807, 2.05) is 36.6 Å². The van der Waals surface area contributed by atoms with Crippen LogP contribution in [0.15, 0.2) is 69.3 Å². The molecule has 1 N–H and O–H groups in total. The minimum absolute atomic E-state index is 0.0692. The molecule has 102 valence electrons. The number of rotatable bonds is 2. The van der Waals surface area contributed by atoms with E-state index in [4.69, 9.17) is 4.55 Å². The SMILES string of the molecule is CSc1ccc(S(=O)(=O)O)cc1.Sc1ccccc1. The van der Waals surface area contributed by atoms with Gasteiger partial charge in [0.1, 0.15) is 0 Å². The minimum atomic E-state index is -4.04. The van der Waals surface area contributed by atoms with Crippen LogP contribution in [0.2, 0.25) is 0 Å². The van der Waals surface area contributed by atoms with Crippen molar-refractivity contribution in [2.75, 3.05) is 6.26 Å². The van der Waals surface area contributed by atoms with E-state index in [9.17, 15) is 8.42 Å². The average Bonchev–Trinajstić information content (AvgIpc) is 2.39. The Bertz CT molecular complexity index is 593. The van der Waals surface area contributed by atoms with Gasteiger partial charge in [-0.3, -0.25) is 4.55 Å². The van der Waals surface area contributed by atoms with E-state index in [1.165, 1.54) is 23.9 Å². The zero-order chi connectivity index (χ0) is 14.3. The topological polar surface area (TPSA) is 54.4 Å². The molecule has 0 atom stereocenters. The highest BCUT2D eigenvalue weighted by Crippen LogP contribution is 2.17. The molecule has 3 nitrogen and oxygen atoms in total. The van der Waals surface area contributed by atoms with Gasteiger partial charge < -0.3 is 0 Å². The molecule has 0 fully saturated rings. The molecule has 2 aromatic carbocycles. The van der Waals surface area contributed by atoms with Gasteiger partial charge in [-0.25, -0.2) is 0 Å². The molecule has 0 saturated heterocycles. The maximum absolute atomic E-state index is 10.6. The molecule has 0 saturated carbocycles. The van der Waals surface area contributed by atoms with Gasteiger partial charge in [0.15, 0.2) is 0 Å². The fraction of sp³-hybridized carbons (Fsp3) is 0.0769. The molecule has 0 aromatic heterocycles.